The Bertz CT molecular complexity index is 544. The summed E-state index contributed by atoms with van der Waals surface area (Å²) in [5, 5.41) is 3.67. The van der Waals surface area contributed by atoms with Gasteiger partial charge in [-0.2, -0.15) is 0 Å². The zero-order valence-corrected chi connectivity index (χ0v) is 11.5. The summed E-state index contributed by atoms with van der Waals surface area (Å²) in [6.45, 7) is 3.18. The van der Waals surface area contributed by atoms with Gasteiger partial charge in [-0.25, -0.2) is 4.98 Å². The van der Waals surface area contributed by atoms with Crippen LogP contribution in [0.1, 0.15) is 31.0 Å². The normalized spacial score (nSPS) is 17.8. The Hall–Kier alpha value is -1.77. The van der Waals surface area contributed by atoms with Crippen molar-refractivity contribution < 1.29 is 0 Å². The van der Waals surface area contributed by atoms with Crippen molar-refractivity contribution in [2.75, 3.05) is 5.32 Å². The van der Waals surface area contributed by atoms with Crippen molar-refractivity contribution in [3.05, 3.63) is 48.0 Å². The second kappa shape index (κ2) is 5.47. The molecule has 19 heavy (non-hydrogen) atoms. The lowest BCUT2D eigenvalue weighted by Gasteiger charge is -2.27. The number of aryl methyl sites for hydroxylation is 3. The Morgan fingerprint density at radius 2 is 2.26 bits per heavy atom. The minimum Gasteiger partial charge on any atom is -0.382 e. The number of nitrogens with zero attached hydrogens (tertiary/aromatic N) is 2. The molecule has 1 aliphatic rings. The molecule has 0 saturated carbocycles. The topological polar surface area (TPSA) is 29.9 Å². The van der Waals surface area contributed by atoms with E-state index in [1.54, 1.807) is 0 Å². The molecule has 1 unspecified atom stereocenters. The van der Waals surface area contributed by atoms with Crippen LogP contribution in [0.5, 0.6) is 0 Å². The van der Waals surface area contributed by atoms with E-state index in [0.29, 0.717) is 6.04 Å². The van der Waals surface area contributed by atoms with Gasteiger partial charge in [0.15, 0.2) is 0 Å². The van der Waals surface area contributed by atoms with Crippen molar-refractivity contribution in [3.8, 4) is 0 Å². The van der Waals surface area contributed by atoms with Crippen molar-refractivity contribution in [2.24, 2.45) is 0 Å². The largest absolute Gasteiger partial charge is 0.382 e. The summed E-state index contributed by atoms with van der Waals surface area (Å²) < 4.78 is 2.23. The number of anilines is 1. The Labute approximate surface area is 114 Å². The second-order valence-corrected chi connectivity index (χ2v) is 5.25. The maximum Gasteiger partial charge on any atom is 0.0948 e. The molecule has 0 amide bonds. The number of nitrogens with one attached hydrogen (secondary N) is 1. The summed E-state index contributed by atoms with van der Waals surface area (Å²) in [6.07, 6.45) is 8.64. The molecule has 3 rings (SSSR count). The maximum absolute atomic E-state index is 4.24. The van der Waals surface area contributed by atoms with Crippen LogP contribution in [0.15, 0.2) is 36.8 Å². The predicted molar refractivity (Wildman–Crippen MR) is 78.4 cm³/mol. The van der Waals surface area contributed by atoms with E-state index in [0.717, 1.165) is 13.0 Å². The van der Waals surface area contributed by atoms with Gasteiger partial charge in [0, 0.05) is 30.2 Å². The van der Waals surface area contributed by atoms with Crippen molar-refractivity contribution in [1.29, 1.82) is 0 Å². The first-order valence-corrected chi connectivity index (χ1v) is 7.20. The van der Waals surface area contributed by atoms with Gasteiger partial charge >= 0.3 is 0 Å². The van der Waals surface area contributed by atoms with Crippen LogP contribution in [0.25, 0.3) is 0 Å². The molecule has 0 aliphatic carbocycles. The first-order valence-electron chi connectivity index (χ1n) is 7.20. The number of benzene rings is 1. The van der Waals surface area contributed by atoms with E-state index in [4.69, 9.17) is 0 Å². The number of hydrogen-bond acceptors (Lipinski definition) is 2. The lowest BCUT2D eigenvalue weighted by atomic mass is 9.95. The van der Waals surface area contributed by atoms with E-state index >= 15 is 0 Å². The fourth-order valence-corrected chi connectivity index (χ4v) is 2.88. The van der Waals surface area contributed by atoms with Crippen LogP contribution in [0.2, 0.25) is 0 Å². The van der Waals surface area contributed by atoms with Crippen LogP contribution < -0.4 is 5.32 Å². The molecule has 0 spiro atoms. The van der Waals surface area contributed by atoms with Crippen molar-refractivity contribution >= 4 is 5.69 Å². The fourth-order valence-electron chi connectivity index (χ4n) is 2.88. The lowest BCUT2D eigenvalue weighted by molar-refractivity contribution is 0.570. The average Bonchev–Trinajstić information content (AvgIpc) is 2.92. The Morgan fingerprint density at radius 3 is 3.16 bits per heavy atom. The molecular weight excluding hydrogens is 234 g/mol. The number of para-hydroxylation sites is 1. The van der Waals surface area contributed by atoms with Crippen molar-refractivity contribution in [2.45, 2.75) is 45.2 Å². The van der Waals surface area contributed by atoms with Crippen LogP contribution in [0.4, 0.5) is 5.69 Å². The standard InChI is InChI=1S/C16H21N3/c1-2-19-12-17-11-15(19)10-9-14-8-7-13-5-3-4-6-16(13)18-14/h3-6,11-12,14,18H,2,7-10H2,1H3. The third kappa shape index (κ3) is 2.65. The highest BCUT2D eigenvalue weighted by Gasteiger charge is 2.17. The Morgan fingerprint density at radius 1 is 1.37 bits per heavy atom. The zero-order valence-electron chi connectivity index (χ0n) is 11.5. The van der Waals surface area contributed by atoms with Gasteiger partial charge in [-0.1, -0.05) is 18.2 Å². The van der Waals surface area contributed by atoms with Gasteiger partial charge in [-0.05, 0) is 44.2 Å². The van der Waals surface area contributed by atoms with Crippen LogP contribution in [0.3, 0.4) is 0 Å². The summed E-state index contributed by atoms with van der Waals surface area (Å²) in [6, 6.07) is 9.25. The van der Waals surface area contributed by atoms with Gasteiger partial charge in [-0.3, -0.25) is 0 Å². The molecule has 1 atom stereocenters. The van der Waals surface area contributed by atoms with Gasteiger partial charge < -0.3 is 9.88 Å². The third-order valence-electron chi connectivity index (χ3n) is 4.03. The minimum atomic E-state index is 0.593. The van der Waals surface area contributed by atoms with Gasteiger partial charge in [0.2, 0.25) is 0 Å². The van der Waals surface area contributed by atoms with E-state index in [1.807, 2.05) is 12.5 Å². The summed E-state index contributed by atoms with van der Waals surface area (Å²) in [5.74, 6) is 0. The number of aromatic nitrogens is 2. The number of fused-ring (bicyclic) bond motifs is 1. The number of rotatable bonds is 4. The highest BCUT2D eigenvalue weighted by atomic mass is 15.0. The first-order chi connectivity index (χ1) is 9.36. The van der Waals surface area contributed by atoms with Crippen LogP contribution in [0, 0.1) is 0 Å². The average molecular weight is 255 g/mol. The van der Waals surface area contributed by atoms with Gasteiger partial charge in [0.05, 0.1) is 6.33 Å². The summed E-state index contributed by atoms with van der Waals surface area (Å²) in [7, 11) is 0. The molecule has 1 aromatic carbocycles. The molecule has 3 nitrogen and oxygen atoms in total. The molecule has 0 bridgehead atoms. The van der Waals surface area contributed by atoms with E-state index in [1.165, 1.54) is 36.2 Å². The summed E-state index contributed by atoms with van der Waals surface area (Å²) in [4.78, 5) is 4.24. The summed E-state index contributed by atoms with van der Waals surface area (Å²) in [5.41, 5.74) is 4.13. The Kier molecular flexibility index (Phi) is 3.53. The molecular formula is C16H21N3. The highest BCUT2D eigenvalue weighted by Crippen LogP contribution is 2.26. The van der Waals surface area contributed by atoms with E-state index in [-0.39, 0.29) is 0 Å². The Balaban J connectivity index is 1.61. The van der Waals surface area contributed by atoms with Crippen molar-refractivity contribution in [3.63, 3.8) is 0 Å². The molecule has 0 radical (unpaired) electrons. The highest BCUT2D eigenvalue weighted by molar-refractivity contribution is 5.53. The minimum absolute atomic E-state index is 0.593. The second-order valence-electron chi connectivity index (χ2n) is 5.25. The summed E-state index contributed by atoms with van der Waals surface area (Å²) >= 11 is 0. The number of hydrogen-bond donors (Lipinski definition) is 1. The third-order valence-corrected chi connectivity index (χ3v) is 4.03. The van der Waals surface area contributed by atoms with Gasteiger partial charge in [0.25, 0.3) is 0 Å². The zero-order chi connectivity index (χ0) is 13.1. The van der Waals surface area contributed by atoms with Crippen LogP contribution in [-0.2, 0) is 19.4 Å². The van der Waals surface area contributed by atoms with Crippen LogP contribution in [-0.4, -0.2) is 15.6 Å². The van der Waals surface area contributed by atoms with Crippen LogP contribution >= 0.6 is 0 Å². The SMILES string of the molecule is CCn1cncc1CCC1CCc2ccccc2N1. The van der Waals surface area contributed by atoms with Gasteiger partial charge in [-0.15, -0.1) is 0 Å². The molecule has 100 valence electrons. The van der Waals surface area contributed by atoms with Gasteiger partial charge in [0.1, 0.15) is 0 Å². The number of imidazole rings is 1. The molecule has 1 aromatic heterocycles. The van der Waals surface area contributed by atoms with Crippen molar-refractivity contribution in [1.82, 2.24) is 9.55 Å². The van der Waals surface area contributed by atoms with E-state index < -0.39 is 0 Å². The molecule has 2 heterocycles. The fraction of sp³-hybridized carbons (Fsp3) is 0.438. The lowest BCUT2D eigenvalue weighted by Crippen LogP contribution is -2.26. The molecule has 0 fully saturated rings. The molecule has 2 aromatic rings. The van der Waals surface area contributed by atoms with E-state index in [2.05, 4.69) is 46.1 Å². The molecule has 1 N–H and O–H groups in total. The molecule has 0 saturated heterocycles. The van der Waals surface area contributed by atoms with E-state index in [9.17, 15) is 0 Å². The smallest absolute Gasteiger partial charge is 0.0948 e. The quantitative estimate of drug-likeness (QED) is 0.908. The molecule has 1 aliphatic heterocycles. The molecule has 3 heteroatoms. The maximum atomic E-state index is 4.24. The predicted octanol–water partition coefficient (Wildman–Crippen LogP) is 3.26. The first kappa shape index (κ1) is 12.3. The monoisotopic (exact) mass is 255 g/mol.